The Labute approximate surface area is 110 Å². The summed E-state index contributed by atoms with van der Waals surface area (Å²) in [4.78, 5) is 11.3. The second kappa shape index (κ2) is 6.53. The van der Waals surface area contributed by atoms with Crippen LogP contribution in [0.15, 0.2) is 0 Å². The summed E-state index contributed by atoms with van der Waals surface area (Å²) in [6, 6.07) is 0.304. The minimum absolute atomic E-state index is 0.208. The Morgan fingerprint density at radius 3 is 2.50 bits per heavy atom. The average molecular weight is 254 g/mol. The Morgan fingerprint density at radius 2 is 1.94 bits per heavy atom. The van der Waals surface area contributed by atoms with Gasteiger partial charge >= 0.3 is 0 Å². The molecule has 0 aromatic carbocycles. The quantitative estimate of drug-likeness (QED) is 0.725. The van der Waals surface area contributed by atoms with Crippen molar-refractivity contribution < 1.29 is 9.53 Å². The van der Waals surface area contributed by atoms with Gasteiger partial charge in [0.1, 0.15) is 0 Å². The van der Waals surface area contributed by atoms with Crippen molar-refractivity contribution in [3.8, 4) is 0 Å². The van der Waals surface area contributed by atoms with Crippen LogP contribution in [0.2, 0.25) is 0 Å². The van der Waals surface area contributed by atoms with Crippen LogP contribution in [-0.4, -0.2) is 30.7 Å². The second-order valence-electron chi connectivity index (χ2n) is 5.94. The smallest absolute Gasteiger partial charge is 0.234 e. The van der Waals surface area contributed by atoms with Crippen LogP contribution in [0, 0.1) is 5.92 Å². The highest BCUT2D eigenvalue weighted by Gasteiger charge is 2.27. The predicted molar refractivity (Wildman–Crippen MR) is 71.1 cm³/mol. The Kier molecular flexibility index (Phi) is 5.01. The molecule has 104 valence electrons. The molecule has 1 unspecified atom stereocenters. The van der Waals surface area contributed by atoms with Crippen LogP contribution < -0.4 is 11.1 Å². The van der Waals surface area contributed by atoms with Gasteiger partial charge in [0.2, 0.25) is 5.91 Å². The third-order valence-electron chi connectivity index (χ3n) is 4.08. The zero-order chi connectivity index (χ0) is 13.0. The van der Waals surface area contributed by atoms with Crippen LogP contribution in [0.5, 0.6) is 0 Å². The van der Waals surface area contributed by atoms with E-state index in [1.54, 1.807) is 0 Å². The summed E-state index contributed by atoms with van der Waals surface area (Å²) in [5, 5.41) is 3.28. The Bertz CT molecular complexity index is 271. The van der Waals surface area contributed by atoms with Crippen molar-refractivity contribution in [2.45, 2.75) is 70.1 Å². The van der Waals surface area contributed by atoms with Crippen LogP contribution in [0.3, 0.4) is 0 Å². The first-order chi connectivity index (χ1) is 8.65. The standard InChI is InChI=1S/C14H26N2O2/c1-10-2-6-12(7-3-10)18-9-8-13(14(15)17)16-11-4-5-11/h10-13,16H,2-9H2,1H3,(H2,15,17). The fraction of sp³-hybridized carbons (Fsp3) is 0.929. The molecule has 2 rings (SSSR count). The summed E-state index contributed by atoms with van der Waals surface area (Å²) in [5.74, 6) is 0.600. The number of nitrogens with two attached hydrogens (primary N) is 1. The van der Waals surface area contributed by atoms with E-state index in [2.05, 4.69) is 12.2 Å². The Hall–Kier alpha value is -0.610. The normalized spacial score (nSPS) is 30.1. The molecule has 0 radical (unpaired) electrons. The average Bonchev–Trinajstić information content (AvgIpc) is 3.14. The van der Waals surface area contributed by atoms with Crippen LogP contribution in [-0.2, 0) is 9.53 Å². The molecule has 0 heterocycles. The lowest BCUT2D eigenvalue weighted by Gasteiger charge is -2.26. The summed E-state index contributed by atoms with van der Waals surface area (Å²) < 4.78 is 5.87. The first-order valence-corrected chi connectivity index (χ1v) is 7.32. The lowest BCUT2D eigenvalue weighted by molar-refractivity contribution is -0.120. The fourth-order valence-electron chi connectivity index (χ4n) is 2.59. The molecule has 0 bridgehead atoms. The van der Waals surface area contributed by atoms with Crippen LogP contribution in [0.25, 0.3) is 0 Å². The number of hydrogen-bond donors (Lipinski definition) is 2. The Morgan fingerprint density at radius 1 is 1.28 bits per heavy atom. The molecular weight excluding hydrogens is 228 g/mol. The van der Waals surface area contributed by atoms with Crippen molar-refractivity contribution in [1.29, 1.82) is 0 Å². The molecule has 2 fully saturated rings. The fourth-order valence-corrected chi connectivity index (χ4v) is 2.59. The lowest BCUT2D eigenvalue weighted by atomic mass is 9.89. The molecule has 4 heteroatoms. The van der Waals surface area contributed by atoms with Crippen molar-refractivity contribution >= 4 is 5.91 Å². The maximum absolute atomic E-state index is 11.3. The summed E-state index contributed by atoms with van der Waals surface area (Å²) in [7, 11) is 0. The van der Waals surface area contributed by atoms with Crippen LogP contribution in [0.1, 0.15) is 51.9 Å². The van der Waals surface area contributed by atoms with Gasteiger partial charge in [0, 0.05) is 12.6 Å². The van der Waals surface area contributed by atoms with Gasteiger partial charge in [0.25, 0.3) is 0 Å². The van der Waals surface area contributed by atoms with E-state index in [1.165, 1.54) is 38.5 Å². The Balaban J connectivity index is 1.61. The van der Waals surface area contributed by atoms with Gasteiger partial charge in [0.05, 0.1) is 12.1 Å². The molecule has 0 saturated heterocycles. The number of nitrogens with one attached hydrogen (secondary N) is 1. The molecule has 0 aromatic rings. The van der Waals surface area contributed by atoms with Gasteiger partial charge in [-0.05, 0) is 50.9 Å². The van der Waals surface area contributed by atoms with E-state index in [-0.39, 0.29) is 11.9 Å². The van der Waals surface area contributed by atoms with Crippen molar-refractivity contribution in [1.82, 2.24) is 5.32 Å². The molecule has 3 N–H and O–H groups in total. The first kappa shape index (κ1) is 13.8. The molecule has 0 aromatic heterocycles. The van der Waals surface area contributed by atoms with Crippen molar-refractivity contribution in [3.05, 3.63) is 0 Å². The van der Waals surface area contributed by atoms with E-state index in [1.807, 2.05) is 0 Å². The van der Waals surface area contributed by atoms with E-state index < -0.39 is 0 Å². The molecular formula is C14H26N2O2. The first-order valence-electron chi connectivity index (χ1n) is 7.32. The van der Waals surface area contributed by atoms with Gasteiger partial charge in [-0.3, -0.25) is 4.79 Å². The monoisotopic (exact) mass is 254 g/mol. The van der Waals surface area contributed by atoms with E-state index in [9.17, 15) is 4.79 Å². The predicted octanol–water partition coefficient (Wildman–Crippen LogP) is 1.58. The number of primary amides is 1. The maximum atomic E-state index is 11.3. The highest BCUT2D eigenvalue weighted by atomic mass is 16.5. The molecule has 2 saturated carbocycles. The lowest BCUT2D eigenvalue weighted by Crippen LogP contribution is -2.43. The van der Waals surface area contributed by atoms with Gasteiger partial charge in [-0.15, -0.1) is 0 Å². The number of ether oxygens (including phenoxy) is 1. The molecule has 4 nitrogen and oxygen atoms in total. The number of carbonyl (C=O) groups is 1. The third kappa shape index (κ3) is 4.58. The van der Waals surface area contributed by atoms with Gasteiger partial charge in [0.15, 0.2) is 0 Å². The molecule has 1 amide bonds. The summed E-state index contributed by atoms with van der Waals surface area (Å²) in [6.07, 6.45) is 8.32. The molecule has 2 aliphatic carbocycles. The number of amides is 1. The van der Waals surface area contributed by atoms with Crippen LogP contribution >= 0.6 is 0 Å². The van der Waals surface area contributed by atoms with Gasteiger partial charge in [-0.2, -0.15) is 0 Å². The molecule has 2 aliphatic rings. The summed E-state index contributed by atoms with van der Waals surface area (Å²) >= 11 is 0. The second-order valence-corrected chi connectivity index (χ2v) is 5.94. The zero-order valence-corrected chi connectivity index (χ0v) is 11.4. The van der Waals surface area contributed by atoms with Crippen LogP contribution in [0.4, 0.5) is 0 Å². The van der Waals surface area contributed by atoms with E-state index in [0.717, 1.165) is 5.92 Å². The van der Waals surface area contributed by atoms with Crippen molar-refractivity contribution in [2.75, 3.05) is 6.61 Å². The molecule has 18 heavy (non-hydrogen) atoms. The largest absolute Gasteiger partial charge is 0.378 e. The molecule has 0 spiro atoms. The van der Waals surface area contributed by atoms with E-state index in [4.69, 9.17) is 10.5 Å². The summed E-state index contributed by atoms with van der Waals surface area (Å²) in [6.45, 7) is 2.95. The van der Waals surface area contributed by atoms with E-state index >= 15 is 0 Å². The topological polar surface area (TPSA) is 64.3 Å². The van der Waals surface area contributed by atoms with E-state index in [0.29, 0.717) is 25.2 Å². The number of carbonyl (C=O) groups excluding carboxylic acids is 1. The summed E-state index contributed by atoms with van der Waals surface area (Å²) in [5.41, 5.74) is 5.39. The highest BCUT2D eigenvalue weighted by molar-refractivity contribution is 5.79. The highest BCUT2D eigenvalue weighted by Crippen LogP contribution is 2.25. The molecule has 1 atom stereocenters. The molecule has 0 aliphatic heterocycles. The minimum Gasteiger partial charge on any atom is -0.378 e. The van der Waals surface area contributed by atoms with Crippen molar-refractivity contribution in [2.24, 2.45) is 11.7 Å². The van der Waals surface area contributed by atoms with Crippen molar-refractivity contribution in [3.63, 3.8) is 0 Å². The minimum atomic E-state index is -0.247. The number of hydrogen-bond acceptors (Lipinski definition) is 3. The number of rotatable bonds is 7. The SMILES string of the molecule is CC1CCC(OCCC(NC2CC2)C(N)=O)CC1. The van der Waals surface area contributed by atoms with Gasteiger partial charge < -0.3 is 15.8 Å². The maximum Gasteiger partial charge on any atom is 0.234 e. The third-order valence-corrected chi connectivity index (χ3v) is 4.08. The zero-order valence-electron chi connectivity index (χ0n) is 11.4. The van der Waals surface area contributed by atoms with Gasteiger partial charge in [-0.1, -0.05) is 6.92 Å². The van der Waals surface area contributed by atoms with Gasteiger partial charge in [-0.25, -0.2) is 0 Å².